The molecule has 7 heteroatoms. The van der Waals surface area contributed by atoms with E-state index in [0.29, 0.717) is 30.1 Å². The van der Waals surface area contributed by atoms with E-state index in [1.165, 1.54) is 50.4 Å². The van der Waals surface area contributed by atoms with Gasteiger partial charge in [-0.15, -0.1) is 0 Å². The van der Waals surface area contributed by atoms with E-state index in [0.717, 1.165) is 29.3 Å². The highest BCUT2D eigenvalue weighted by Crippen LogP contribution is 2.25. The number of allylic oxidation sites excluding steroid dienone is 1. The minimum absolute atomic E-state index is 0.0410. The molecule has 0 saturated carbocycles. The second-order valence-electron chi connectivity index (χ2n) is 10.8. The van der Waals surface area contributed by atoms with Crippen LogP contribution in [0.3, 0.4) is 0 Å². The van der Waals surface area contributed by atoms with Crippen LogP contribution in [0.5, 0.6) is 0 Å². The summed E-state index contributed by atoms with van der Waals surface area (Å²) >= 11 is 5.63. The number of halogens is 3. The fraction of sp³-hybridized carbons (Fsp3) is 0.500. The summed E-state index contributed by atoms with van der Waals surface area (Å²) < 4.78 is 27.9. The Morgan fingerprint density at radius 1 is 1.03 bits per heavy atom. The Bertz CT molecular complexity index is 1160. The molecule has 0 heterocycles. The number of hydrogen-bond acceptors (Lipinski definition) is 3. The van der Waals surface area contributed by atoms with Gasteiger partial charge in [0.2, 0.25) is 0 Å². The normalized spacial score (nSPS) is 13.1. The SMILES string of the molecule is CCCC(CCCC(C)C)CCNC(=O)c1ccc(NC/C(C)=N/C=C(\C)c2ccc(Cl)c(F)c2F)cc1C. The van der Waals surface area contributed by atoms with E-state index in [1.807, 2.05) is 32.0 Å². The summed E-state index contributed by atoms with van der Waals surface area (Å²) in [7, 11) is 0. The first-order valence-corrected chi connectivity index (χ1v) is 14.4. The van der Waals surface area contributed by atoms with Gasteiger partial charge in [0.25, 0.3) is 5.91 Å². The van der Waals surface area contributed by atoms with Crippen molar-refractivity contribution in [1.29, 1.82) is 0 Å². The highest BCUT2D eigenvalue weighted by molar-refractivity contribution is 6.30. The minimum atomic E-state index is -1.06. The Labute approximate surface area is 238 Å². The summed E-state index contributed by atoms with van der Waals surface area (Å²) in [5, 5.41) is 6.16. The van der Waals surface area contributed by atoms with Gasteiger partial charge < -0.3 is 10.6 Å². The van der Waals surface area contributed by atoms with Crippen LogP contribution < -0.4 is 10.6 Å². The van der Waals surface area contributed by atoms with Gasteiger partial charge in [0.05, 0.1) is 11.6 Å². The number of nitrogens with one attached hydrogen (secondary N) is 2. The lowest BCUT2D eigenvalue weighted by Gasteiger charge is -2.17. The van der Waals surface area contributed by atoms with Crippen LogP contribution in [0, 0.1) is 30.4 Å². The third-order valence-electron chi connectivity index (χ3n) is 6.89. The molecule has 0 fully saturated rings. The molecule has 0 aliphatic heterocycles. The Morgan fingerprint density at radius 2 is 1.74 bits per heavy atom. The van der Waals surface area contributed by atoms with Gasteiger partial charge in [-0.2, -0.15) is 0 Å². The molecular weight excluding hydrogens is 516 g/mol. The number of benzene rings is 2. The van der Waals surface area contributed by atoms with E-state index in [-0.39, 0.29) is 16.5 Å². The fourth-order valence-corrected chi connectivity index (χ4v) is 4.70. The molecule has 1 unspecified atom stereocenters. The van der Waals surface area contributed by atoms with Gasteiger partial charge in [0, 0.05) is 35.3 Å². The van der Waals surface area contributed by atoms with E-state index in [9.17, 15) is 13.6 Å². The quantitative estimate of drug-likeness (QED) is 0.169. The van der Waals surface area contributed by atoms with Crippen LogP contribution in [0.4, 0.5) is 14.5 Å². The van der Waals surface area contributed by atoms with Gasteiger partial charge >= 0.3 is 0 Å². The zero-order valence-electron chi connectivity index (χ0n) is 24.3. The van der Waals surface area contributed by atoms with Gasteiger partial charge in [0.15, 0.2) is 11.6 Å². The summed E-state index contributed by atoms with van der Waals surface area (Å²) in [6.07, 6.45) is 8.66. The predicted octanol–water partition coefficient (Wildman–Crippen LogP) is 9.22. The van der Waals surface area contributed by atoms with E-state index in [1.54, 1.807) is 6.92 Å². The fourth-order valence-electron chi connectivity index (χ4n) is 4.55. The van der Waals surface area contributed by atoms with E-state index >= 15 is 0 Å². The largest absolute Gasteiger partial charge is 0.380 e. The van der Waals surface area contributed by atoms with Crippen molar-refractivity contribution in [3.63, 3.8) is 0 Å². The van der Waals surface area contributed by atoms with Crippen molar-refractivity contribution >= 4 is 34.5 Å². The van der Waals surface area contributed by atoms with Crippen LogP contribution in [0.1, 0.15) is 94.6 Å². The lowest BCUT2D eigenvalue weighted by molar-refractivity contribution is 0.0950. The number of nitrogens with zero attached hydrogens (tertiary/aromatic N) is 1. The second kappa shape index (κ2) is 16.4. The molecule has 214 valence electrons. The number of hydrogen-bond donors (Lipinski definition) is 2. The zero-order chi connectivity index (χ0) is 28.9. The number of anilines is 1. The highest BCUT2D eigenvalue weighted by atomic mass is 35.5. The van der Waals surface area contributed by atoms with Crippen molar-refractivity contribution in [2.45, 2.75) is 80.1 Å². The minimum Gasteiger partial charge on any atom is -0.380 e. The lowest BCUT2D eigenvalue weighted by Crippen LogP contribution is -2.26. The Kier molecular flexibility index (Phi) is 13.7. The molecule has 0 aromatic heterocycles. The van der Waals surface area contributed by atoms with Gasteiger partial charge in [-0.05, 0) is 74.4 Å². The maximum atomic E-state index is 14.1. The van der Waals surface area contributed by atoms with E-state index in [2.05, 4.69) is 36.4 Å². The van der Waals surface area contributed by atoms with Crippen molar-refractivity contribution < 1.29 is 13.6 Å². The van der Waals surface area contributed by atoms with Crippen molar-refractivity contribution in [1.82, 2.24) is 5.32 Å². The molecule has 39 heavy (non-hydrogen) atoms. The molecule has 0 spiro atoms. The van der Waals surface area contributed by atoms with Crippen molar-refractivity contribution in [2.24, 2.45) is 16.8 Å². The van der Waals surface area contributed by atoms with Crippen LogP contribution in [0.15, 0.2) is 41.5 Å². The average molecular weight is 560 g/mol. The number of amides is 1. The second-order valence-corrected chi connectivity index (χ2v) is 11.2. The molecular formula is C32H44ClF2N3O. The summed E-state index contributed by atoms with van der Waals surface area (Å²) in [4.78, 5) is 17.2. The van der Waals surface area contributed by atoms with Crippen molar-refractivity contribution in [3.05, 3.63) is 69.9 Å². The zero-order valence-corrected chi connectivity index (χ0v) is 25.0. The van der Waals surface area contributed by atoms with Gasteiger partial charge in [0.1, 0.15) is 0 Å². The van der Waals surface area contributed by atoms with Crippen LogP contribution in [-0.2, 0) is 0 Å². The van der Waals surface area contributed by atoms with Gasteiger partial charge in [-0.1, -0.05) is 70.5 Å². The highest BCUT2D eigenvalue weighted by Gasteiger charge is 2.14. The molecule has 2 aromatic rings. The van der Waals surface area contributed by atoms with Crippen molar-refractivity contribution in [2.75, 3.05) is 18.4 Å². The summed E-state index contributed by atoms with van der Waals surface area (Å²) in [5.74, 6) is -0.681. The molecule has 1 amide bonds. The number of carbonyl (C=O) groups excluding carboxylic acids is 1. The van der Waals surface area contributed by atoms with E-state index in [4.69, 9.17) is 11.6 Å². The molecule has 0 radical (unpaired) electrons. The first kappa shape index (κ1) is 32.5. The molecule has 2 aromatic carbocycles. The number of aryl methyl sites for hydroxylation is 1. The lowest BCUT2D eigenvalue weighted by atomic mass is 9.92. The third-order valence-corrected chi connectivity index (χ3v) is 7.18. The van der Waals surface area contributed by atoms with Gasteiger partial charge in [-0.3, -0.25) is 9.79 Å². The molecule has 0 bridgehead atoms. The summed E-state index contributed by atoms with van der Waals surface area (Å²) in [6.45, 7) is 13.4. The molecule has 2 rings (SSSR count). The molecule has 2 N–H and O–H groups in total. The first-order chi connectivity index (χ1) is 18.5. The standard InChI is InChI=1S/C32H44ClF2N3O/c1-7-9-25(11-8-10-21(2)3)16-17-36-32(39)28-13-12-26(18-22(28)4)38-20-24(6)37-19-23(5)27-14-15-29(33)31(35)30(27)34/h12-15,18-19,21,25,38H,7-11,16-17,20H2,1-6H3,(H,36,39)/b23-19+,37-24+. The Morgan fingerprint density at radius 3 is 2.41 bits per heavy atom. The number of aliphatic imine (C=N–C) groups is 1. The monoisotopic (exact) mass is 559 g/mol. The van der Waals surface area contributed by atoms with Gasteiger partial charge in [-0.25, -0.2) is 8.78 Å². The van der Waals surface area contributed by atoms with E-state index < -0.39 is 11.6 Å². The molecule has 1 atom stereocenters. The van der Waals surface area contributed by atoms with Crippen molar-refractivity contribution in [3.8, 4) is 0 Å². The molecule has 0 saturated heterocycles. The smallest absolute Gasteiger partial charge is 0.251 e. The number of rotatable bonds is 15. The maximum Gasteiger partial charge on any atom is 0.251 e. The Balaban J connectivity index is 1.89. The topological polar surface area (TPSA) is 53.5 Å². The molecule has 0 aliphatic rings. The van der Waals surface area contributed by atoms with Crippen LogP contribution in [0.25, 0.3) is 5.57 Å². The summed E-state index contributed by atoms with van der Waals surface area (Å²) in [5.41, 5.74) is 3.82. The summed E-state index contributed by atoms with van der Waals surface area (Å²) in [6, 6.07) is 8.44. The number of carbonyl (C=O) groups is 1. The van der Waals surface area contributed by atoms with Crippen LogP contribution in [0.2, 0.25) is 5.02 Å². The van der Waals surface area contributed by atoms with Crippen LogP contribution >= 0.6 is 11.6 Å². The van der Waals surface area contributed by atoms with Crippen LogP contribution in [-0.4, -0.2) is 24.7 Å². The predicted molar refractivity (Wildman–Crippen MR) is 162 cm³/mol. The molecule has 0 aliphatic carbocycles. The Hall–Kier alpha value is -2.73. The average Bonchev–Trinajstić information content (AvgIpc) is 2.89. The molecule has 4 nitrogen and oxygen atoms in total. The first-order valence-electron chi connectivity index (χ1n) is 14.0. The third kappa shape index (κ3) is 10.7. The maximum absolute atomic E-state index is 14.1.